The van der Waals surface area contributed by atoms with Crippen molar-refractivity contribution in [2.24, 2.45) is 0 Å². The number of ether oxygens (including phenoxy) is 1. The number of nitrogens with one attached hydrogen (secondary N) is 2. The Kier molecular flexibility index (Phi) is 2.39. The molecule has 0 atom stereocenters. The van der Waals surface area contributed by atoms with E-state index < -0.39 is 0 Å². The van der Waals surface area contributed by atoms with Crippen LogP contribution in [0.5, 0.6) is 0 Å². The molecule has 2 aromatic heterocycles. The molecule has 1 aliphatic heterocycles. The molecule has 5 nitrogen and oxygen atoms in total. The van der Waals surface area contributed by atoms with Crippen LogP contribution in [-0.2, 0) is 9.53 Å². The molecular weight excluding hydrogens is 254 g/mol. The zero-order chi connectivity index (χ0) is 13.5. The molecule has 1 aliphatic carbocycles. The molecule has 3 heterocycles. The fourth-order valence-corrected chi connectivity index (χ4v) is 2.23. The number of H-pyrrole nitrogens is 1. The molecule has 0 radical (unpaired) electrons. The Morgan fingerprint density at radius 3 is 3.20 bits per heavy atom. The highest BCUT2D eigenvalue weighted by Crippen LogP contribution is 2.26. The number of aromatic nitrogens is 2. The van der Waals surface area contributed by atoms with E-state index >= 15 is 0 Å². The van der Waals surface area contributed by atoms with Crippen molar-refractivity contribution in [1.82, 2.24) is 15.3 Å². The van der Waals surface area contributed by atoms with Crippen molar-refractivity contribution in [3.8, 4) is 0 Å². The van der Waals surface area contributed by atoms with Crippen LogP contribution in [0.1, 0.15) is 18.4 Å². The van der Waals surface area contributed by atoms with Gasteiger partial charge in [0.1, 0.15) is 5.65 Å². The van der Waals surface area contributed by atoms with Gasteiger partial charge in [0.25, 0.3) is 0 Å². The summed E-state index contributed by atoms with van der Waals surface area (Å²) in [5.74, 6) is 0.797. The number of pyridine rings is 1. The Morgan fingerprint density at radius 1 is 1.45 bits per heavy atom. The van der Waals surface area contributed by atoms with Gasteiger partial charge in [-0.05, 0) is 31.1 Å². The van der Waals surface area contributed by atoms with Crippen LogP contribution in [0.2, 0.25) is 0 Å². The second-order valence-corrected chi connectivity index (χ2v) is 5.05. The zero-order valence-electron chi connectivity index (χ0n) is 10.7. The Bertz CT molecular complexity index is 753. The Hall–Kier alpha value is -2.56. The van der Waals surface area contributed by atoms with Crippen molar-refractivity contribution in [2.45, 2.75) is 18.9 Å². The molecular formula is C15H13N3O2. The topological polar surface area (TPSA) is 67.0 Å². The van der Waals surface area contributed by atoms with E-state index in [4.69, 9.17) is 4.74 Å². The second kappa shape index (κ2) is 4.23. The molecule has 0 aromatic carbocycles. The van der Waals surface area contributed by atoms with Crippen molar-refractivity contribution in [1.29, 1.82) is 0 Å². The van der Waals surface area contributed by atoms with Gasteiger partial charge in [-0.2, -0.15) is 0 Å². The van der Waals surface area contributed by atoms with Crippen LogP contribution in [0.25, 0.3) is 17.1 Å². The third kappa shape index (κ3) is 1.97. The summed E-state index contributed by atoms with van der Waals surface area (Å²) in [4.78, 5) is 19.2. The quantitative estimate of drug-likeness (QED) is 0.836. The molecule has 0 saturated heterocycles. The standard InChI is InChI=1S/C15H13N3O2/c19-12-7-14(18-10-3-4-10)20-13(12)6-9-8-17-15-11(9)2-1-5-16-15/h1-2,5-8,10,18H,3-4H2,(H,16,17)/b13-6-. The molecule has 2 aromatic rings. The number of aromatic amines is 1. The molecule has 1 fully saturated rings. The molecule has 20 heavy (non-hydrogen) atoms. The normalized spacial score (nSPS) is 20.3. The van der Waals surface area contributed by atoms with Crippen molar-refractivity contribution in [2.75, 3.05) is 0 Å². The first-order valence-corrected chi connectivity index (χ1v) is 6.64. The lowest BCUT2D eigenvalue weighted by molar-refractivity contribution is -0.112. The van der Waals surface area contributed by atoms with Gasteiger partial charge in [0, 0.05) is 35.5 Å². The van der Waals surface area contributed by atoms with Gasteiger partial charge in [-0.1, -0.05) is 0 Å². The zero-order valence-corrected chi connectivity index (χ0v) is 10.7. The largest absolute Gasteiger partial charge is 0.437 e. The van der Waals surface area contributed by atoms with E-state index in [1.54, 1.807) is 12.3 Å². The van der Waals surface area contributed by atoms with Crippen LogP contribution < -0.4 is 5.32 Å². The molecule has 0 spiro atoms. The minimum Gasteiger partial charge on any atom is -0.437 e. The van der Waals surface area contributed by atoms with Crippen LogP contribution in [0.15, 0.2) is 42.2 Å². The van der Waals surface area contributed by atoms with E-state index in [2.05, 4.69) is 15.3 Å². The maximum Gasteiger partial charge on any atom is 0.226 e. The number of nitrogens with zero attached hydrogens (tertiary/aromatic N) is 1. The van der Waals surface area contributed by atoms with Gasteiger partial charge in [-0.25, -0.2) is 4.98 Å². The van der Waals surface area contributed by atoms with Crippen LogP contribution in [-0.4, -0.2) is 21.8 Å². The highest BCUT2D eigenvalue weighted by atomic mass is 16.5. The van der Waals surface area contributed by atoms with Crippen LogP contribution >= 0.6 is 0 Å². The highest BCUT2D eigenvalue weighted by molar-refractivity contribution is 6.08. The molecule has 5 heteroatoms. The number of carbonyl (C=O) groups is 1. The third-order valence-corrected chi connectivity index (χ3v) is 3.42. The SMILES string of the molecule is O=C1C=C(NC2CC2)O/C1=C\c1c[nH]c2ncccc12. The lowest BCUT2D eigenvalue weighted by Crippen LogP contribution is -2.15. The first-order valence-electron chi connectivity index (χ1n) is 6.64. The Balaban J connectivity index is 1.62. The number of fused-ring (bicyclic) bond motifs is 1. The number of allylic oxidation sites excluding steroid dienone is 1. The number of carbonyl (C=O) groups excluding carboxylic acids is 1. The van der Waals surface area contributed by atoms with Crippen molar-refractivity contribution >= 4 is 22.9 Å². The Morgan fingerprint density at radius 2 is 2.35 bits per heavy atom. The predicted molar refractivity (Wildman–Crippen MR) is 74.4 cm³/mol. The summed E-state index contributed by atoms with van der Waals surface area (Å²) in [6.07, 6.45) is 9.10. The summed E-state index contributed by atoms with van der Waals surface area (Å²) in [6, 6.07) is 4.29. The van der Waals surface area contributed by atoms with E-state index in [9.17, 15) is 4.79 Å². The molecule has 2 aliphatic rings. The van der Waals surface area contributed by atoms with E-state index in [-0.39, 0.29) is 5.78 Å². The summed E-state index contributed by atoms with van der Waals surface area (Å²) in [6.45, 7) is 0. The monoisotopic (exact) mass is 267 g/mol. The average Bonchev–Trinajstić information content (AvgIpc) is 3.07. The van der Waals surface area contributed by atoms with E-state index in [1.807, 2.05) is 18.3 Å². The summed E-state index contributed by atoms with van der Waals surface area (Å²) >= 11 is 0. The second-order valence-electron chi connectivity index (χ2n) is 5.05. The minimum atomic E-state index is -0.105. The maximum absolute atomic E-state index is 11.9. The number of hydrogen-bond donors (Lipinski definition) is 2. The lowest BCUT2D eigenvalue weighted by atomic mass is 10.2. The van der Waals surface area contributed by atoms with Gasteiger partial charge in [-0.3, -0.25) is 4.79 Å². The van der Waals surface area contributed by atoms with Gasteiger partial charge in [0.15, 0.2) is 11.6 Å². The molecule has 0 bridgehead atoms. The van der Waals surface area contributed by atoms with Gasteiger partial charge in [0.05, 0.1) is 0 Å². The molecule has 2 N–H and O–H groups in total. The van der Waals surface area contributed by atoms with Gasteiger partial charge >= 0.3 is 0 Å². The lowest BCUT2D eigenvalue weighted by Gasteiger charge is -2.05. The van der Waals surface area contributed by atoms with Crippen molar-refractivity contribution < 1.29 is 9.53 Å². The Labute approximate surface area is 115 Å². The first kappa shape index (κ1) is 11.3. The molecule has 100 valence electrons. The van der Waals surface area contributed by atoms with Gasteiger partial charge in [0.2, 0.25) is 5.78 Å². The van der Waals surface area contributed by atoms with Crippen molar-refractivity contribution in [3.63, 3.8) is 0 Å². The average molecular weight is 267 g/mol. The van der Waals surface area contributed by atoms with E-state index in [0.717, 1.165) is 29.4 Å². The minimum absolute atomic E-state index is 0.105. The van der Waals surface area contributed by atoms with E-state index in [1.165, 1.54) is 6.08 Å². The summed E-state index contributed by atoms with van der Waals surface area (Å²) in [7, 11) is 0. The number of hydrogen-bond acceptors (Lipinski definition) is 4. The number of ketones is 1. The third-order valence-electron chi connectivity index (χ3n) is 3.42. The van der Waals surface area contributed by atoms with Crippen molar-refractivity contribution in [3.05, 3.63) is 47.8 Å². The maximum atomic E-state index is 11.9. The molecule has 0 amide bonds. The fourth-order valence-electron chi connectivity index (χ4n) is 2.23. The van der Waals surface area contributed by atoms with Gasteiger partial charge < -0.3 is 15.0 Å². The highest BCUT2D eigenvalue weighted by Gasteiger charge is 2.27. The molecule has 0 unspecified atom stereocenters. The summed E-state index contributed by atoms with van der Waals surface area (Å²) in [5.41, 5.74) is 1.70. The summed E-state index contributed by atoms with van der Waals surface area (Å²) < 4.78 is 5.57. The molecule has 1 saturated carbocycles. The van der Waals surface area contributed by atoms with E-state index in [0.29, 0.717) is 17.7 Å². The smallest absolute Gasteiger partial charge is 0.226 e. The number of rotatable bonds is 3. The molecule has 4 rings (SSSR count). The summed E-state index contributed by atoms with van der Waals surface area (Å²) in [5, 5.41) is 4.16. The fraction of sp³-hybridized carbons (Fsp3) is 0.200. The van der Waals surface area contributed by atoms with Crippen LogP contribution in [0.3, 0.4) is 0 Å². The van der Waals surface area contributed by atoms with Gasteiger partial charge in [-0.15, -0.1) is 0 Å². The van der Waals surface area contributed by atoms with Crippen LogP contribution in [0.4, 0.5) is 0 Å². The van der Waals surface area contributed by atoms with Crippen LogP contribution in [0, 0.1) is 0 Å². The first-order chi connectivity index (χ1) is 9.79. The predicted octanol–water partition coefficient (Wildman–Crippen LogP) is 2.10.